The summed E-state index contributed by atoms with van der Waals surface area (Å²) in [7, 11) is 0. The van der Waals surface area contributed by atoms with E-state index in [4.69, 9.17) is 21.1 Å². The molecular formula is C32H36ClNO4S. The first kappa shape index (κ1) is 28.0. The fourth-order valence-corrected chi connectivity index (χ4v) is 6.51. The van der Waals surface area contributed by atoms with Gasteiger partial charge in [-0.2, -0.15) is 0 Å². The van der Waals surface area contributed by atoms with Gasteiger partial charge in [-0.3, -0.25) is 4.79 Å². The second-order valence-corrected chi connectivity index (χ2v) is 11.8. The van der Waals surface area contributed by atoms with Crippen molar-refractivity contribution in [2.45, 2.75) is 62.2 Å². The van der Waals surface area contributed by atoms with Crippen molar-refractivity contribution in [3.05, 3.63) is 94.0 Å². The maximum absolute atomic E-state index is 12.8. The second-order valence-electron chi connectivity index (χ2n) is 10.3. The van der Waals surface area contributed by atoms with Gasteiger partial charge in [0.1, 0.15) is 5.75 Å². The molecule has 2 aliphatic heterocycles. The van der Waals surface area contributed by atoms with Crippen LogP contribution in [0.25, 0.3) is 0 Å². The van der Waals surface area contributed by atoms with Gasteiger partial charge in [-0.05, 0) is 79.3 Å². The van der Waals surface area contributed by atoms with Crippen molar-refractivity contribution in [2.24, 2.45) is 0 Å². The molecule has 0 spiro atoms. The van der Waals surface area contributed by atoms with Crippen molar-refractivity contribution in [1.82, 2.24) is 4.90 Å². The highest BCUT2D eigenvalue weighted by Gasteiger charge is 2.30. The lowest BCUT2D eigenvalue weighted by molar-refractivity contribution is -0.0875. The minimum atomic E-state index is -0.428. The maximum atomic E-state index is 12.8. The first-order chi connectivity index (χ1) is 19.0. The molecule has 3 atom stereocenters. The first-order valence-corrected chi connectivity index (χ1v) is 15.2. The number of rotatable bonds is 9. The number of amides is 1. The van der Waals surface area contributed by atoms with E-state index in [9.17, 15) is 9.90 Å². The Morgan fingerprint density at radius 2 is 1.87 bits per heavy atom. The largest absolute Gasteiger partial charge is 0.494 e. The predicted octanol–water partition coefficient (Wildman–Crippen LogP) is 6.94. The standard InChI is InChI=1S/C32H36ClNO4S/c1-2-37-27-11-8-22(9-12-27)16-25-17-23(10-13-30(25)33)31-20-26(35)19-28(38-31)21-39-29-7-5-6-24(18-29)32(36)34-14-3-4-15-34/h5-13,17-18,26,28,31,35H,2-4,14-16,19-21H2,1H3. The van der Waals surface area contributed by atoms with Crippen LogP contribution in [0.15, 0.2) is 71.6 Å². The highest BCUT2D eigenvalue weighted by molar-refractivity contribution is 7.99. The van der Waals surface area contributed by atoms with Crippen LogP contribution < -0.4 is 4.74 Å². The van der Waals surface area contributed by atoms with Gasteiger partial charge in [-0.15, -0.1) is 11.8 Å². The Morgan fingerprint density at radius 1 is 1.08 bits per heavy atom. The molecule has 3 aromatic carbocycles. The summed E-state index contributed by atoms with van der Waals surface area (Å²) in [5.74, 6) is 1.68. The van der Waals surface area contributed by atoms with Gasteiger partial charge in [0.2, 0.25) is 0 Å². The number of carbonyl (C=O) groups is 1. The summed E-state index contributed by atoms with van der Waals surface area (Å²) in [5.41, 5.74) is 3.96. The zero-order valence-corrected chi connectivity index (χ0v) is 23.9. The van der Waals surface area contributed by atoms with Gasteiger partial charge in [0, 0.05) is 47.2 Å². The van der Waals surface area contributed by atoms with Crippen LogP contribution in [0.1, 0.15) is 65.8 Å². The van der Waals surface area contributed by atoms with Crippen molar-refractivity contribution in [2.75, 3.05) is 25.4 Å². The van der Waals surface area contributed by atoms with Crippen LogP contribution in [0.3, 0.4) is 0 Å². The number of aliphatic hydroxyl groups is 1. The molecule has 3 unspecified atom stereocenters. The normalized spacial score (nSPS) is 21.2. The summed E-state index contributed by atoms with van der Waals surface area (Å²) in [4.78, 5) is 15.8. The van der Waals surface area contributed by atoms with Crippen molar-refractivity contribution in [1.29, 1.82) is 0 Å². The van der Waals surface area contributed by atoms with Gasteiger partial charge in [-0.25, -0.2) is 0 Å². The Kier molecular flexibility index (Phi) is 9.51. The third kappa shape index (κ3) is 7.37. The lowest BCUT2D eigenvalue weighted by atomic mass is 9.94. The van der Waals surface area contributed by atoms with E-state index in [0.29, 0.717) is 31.6 Å². The quantitative estimate of drug-likeness (QED) is 0.285. The van der Waals surface area contributed by atoms with Crippen molar-refractivity contribution in [3.8, 4) is 5.75 Å². The number of nitrogens with zero attached hydrogens (tertiary/aromatic N) is 1. The topological polar surface area (TPSA) is 59.0 Å². The average Bonchev–Trinajstić information content (AvgIpc) is 3.49. The zero-order valence-electron chi connectivity index (χ0n) is 22.4. The molecule has 39 heavy (non-hydrogen) atoms. The molecule has 206 valence electrons. The molecule has 1 N–H and O–H groups in total. The molecule has 3 aromatic rings. The lowest BCUT2D eigenvalue weighted by Crippen LogP contribution is -2.32. The van der Waals surface area contributed by atoms with Crippen LogP contribution in [0.4, 0.5) is 0 Å². The minimum Gasteiger partial charge on any atom is -0.494 e. The molecule has 5 nitrogen and oxygen atoms in total. The van der Waals surface area contributed by atoms with E-state index < -0.39 is 6.10 Å². The smallest absolute Gasteiger partial charge is 0.253 e. The van der Waals surface area contributed by atoms with E-state index in [0.717, 1.165) is 63.9 Å². The van der Waals surface area contributed by atoms with Crippen molar-refractivity contribution < 1.29 is 19.4 Å². The number of aliphatic hydroxyl groups excluding tert-OH is 1. The number of thioether (sulfide) groups is 1. The fourth-order valence-electron chi connectivity index (χ4n) is 5.34. The van der Waals surface area contributed by atoms with E-state index in [-0.39, 0.29) is 18.1 Å². The van der Waals surface area contributed by atoms with Gasteiger partial charge in [0.25, 0.3) is 5.91 Å². The minimum absolute atomic E-state index is 0.0908. The van der Waals surface area contributed by atoms with E-state index in [1.54, 1.807) is 11.8 Å². The Morgan fingerprint density at radius 3 is 2.64 bits per heavy atom. The molecule has 5 rings (SSSR count). The number of benzene rings is 3. The van der Waals surface area contributed by atoms with Crippen LogP contribution >= 0.6 is 23.4 Å². The van der Waals surface area contributed by atoms with Gasteiger partial charge in [0.05, 0.1) is 24.9 Å². The third-order valence-corrected chi connectivity index (χ3v) is 8.85. The Hall–Kier alpha value is -2.51. The van der Waals surface area contributed by atoms with E-state index in [1.165, 1.54) is 0 Å². The summed E-state index contributed by atoms with van der Waals surface area (Å²) < 4.78 is 12.0. The average molecular weight is 566 g/mol. The summed E-state index contributed by atoms with van der Waals surface area (Å²) >= 11 is 8.25. The van der Waals surface area contributed by atoms with Crippen molar-refractivity contribution >= 4 is 29.3 Å². The number of hydrogen-bond donors (Lipinski definition) is 1. The highest BCUT2D eigenvalue weighted by atomic mass is 35.5. The Bertz CT molecular complexity index is 1260. The predicted molar refractivity (Wildman–Crippen MR) is 157 cm³/mol. The SMILES string of the molecule is CCOc1ccc(Cc2cc(C3CC(O)CC(CSc4cccc(C(=O)N5CCCC5)c4)O3)ccc2Cl)cc1. The molecule has 0 saturated carbocycles. The molecular weight excluding hydrogens is 530 g/mol. The molecule has 0 aliphatic carbocycles. The van der Waals surface area contributed by atoms with Crippen LogP contribution in [-0.2, 0) is 11.2 Å². The molecule has 2 heterocycles. The second kappa shape index (κ2) is 13.2. The van der Waals surface area contributed by atoms with Gasteiger partial charge in [-0.1, -0.05) is 41.9 Å². The fraction of sp³-hybridized carbons (Fsp3) is 0.406. The number of halogens is 1. The molecule has 0 radical (unpaired) electrons. The summed E-state index contributed by atoms with van der Waals surface area (Å²) in [6.45, 7) is 4.31. The molecule has 2 fully saturated rings. The summed E-state index contributed by atoms with van der Waals surface area (Å²) in [6, 6.07) is 22.0. The third-order valence-electron chi connectivity index (χ3n) is 7.36. The first-order valence-electron chi connectivity index (χ1n) is 13.8. The zero-order chi connectivity index (χ0) is 27.2. The molecule has 0 bridgehead atoms. The lowest BCUT2D eigenvalue weighted by Gasteiger charge is -2.33. The van der Waals surface area contributed by atoms with Gasteiger partial charge >= 0.3 is 0 Å². The van der Waals surface area contributed by atoms with Gasteiger partial charge < -0.3 is 19.5 Å². The van der Waals surface area contributed by atoms with Crippen LogP contribution in [0.5, 0.6) is 5.75 Å². The molecule has 1 amide bonds. The maximum Gasteiger partial charge on any atom is 0.253 e. The van der Waals surface area contributed by atoms with Crippen LogP contribution in [0.2, 0.25) is 5.02 Å². The monoisotopic (exact) mass is 565 g/mol. The van der Waals surface area contributed by atoms with E-state index in [2.05, 4.69) is 18.2 Å². The Labute approximate surface area is 240 Å². The Balaban J connectivity index is 1.22. The number of likely N-dealkylation sites (tertiary alicyclic amines) is 1. The number of carbonyl (C=O) groups excluding carboxylic acids is 1. The molecule has 2 aliphatic rings. The number of hydrogen-bond acceptors (Lipinski definition) is 5. The van der Waals surface area contributed by atoms with E-state index >= 15 is 0 Å². The molecule has 7 heteroatoms. The molecule has 2 saturated heterocycles. The highest BCUT2D eigenvalue weighted by Crippen LogP contribution is 2.36. The molecule has 0 aromatic heterocycles. The van der Waals surface area contributed by atoms with E-state index in [1.807, 2.05) is 60.4 Å². The number of ether oxygens (including phenoxy) is 2. The van der Waals surface area contributed by atoms with Crippen LogP contribution in [-0.4, -0.2) is 53.6 Å². The summed E-state index contributed by atoms with van der Waals surface area (Å²) in [5, 5.41) is 11.4. The van der Waals surface area contributed by atoms with Crippen molar-refractivity contribution in [3.63, 3.8) is 0 Å². The van der Waals surface area contributed by atoms with Gasteiger partial charge in [0.15, 0.2) is 0 Å². The van der Waals surface area contributed by atoms with Crippen LogP contribution in [0, 0.1) is 0 Å². The summed E-state index contributed by atoms with van der Waals surface area (Å²) in [6.07, 6.45) is 3.32.